The molecule has 3 heterocycles. The van der Waals surface area contributed by atoms with Gasteiger partial charge in [-0.1, -0.05) is 11.2 Å². The molecule has 1 aliphatic heterocycles. The average molecular weight is 388 g/mol. The van der Waals surface area contributed by atoms with Crippen LogP contribution in [0.1, 0.15) is 28.8 Å². The summed E-state index contributed by atoms with van der Waals surface area (Å²) in [5.74, 6) is 0.713. The van der Waals surface area contributed by atoms with E-state index in [2.05, 4.69) is 25.7 Å². The van der Waals surface area contributed by atoms with Crippen LogP contribution in [0.25, 0.3) is 16.9 Å². The predicted molar refractivity (Wildman–Crippen MR) is 111 cm³/mol. The number of quaternary nitrogens is 1. The molecule has 2 aromatic heterocycles. The van der Waals surface area contributed by atoms with Crippen molar-refractivity contribution in [2.24, 2.45) is 5.10 Å². The first-order chi connectivity index (χ1) is 14.2. The molecular weight excluding hydrogens is 366 g/mol. The topological polar surface area (TPSA) is 100 Å². The van der Waals surface area contributed by atoms with Crippen LogP contribution in [0.5, 0.6) is 0 Å². The Morgan fingerprint density at radius 2 is 2.21 bits per heavy atom. The number of fused-ring (bicyclic) bond motifs is 1. The summed E-state index contributed by atoms with van der Waals surface area (Å²) in [4.78, 5) is 21.4. The van der Waals surface area contributed by atoms with Gasteiger partial charge < -0.3 is 10.6 Å². The molecule has 4 N–H and O–H groups in total. The van der Waals surface area contributed by atoms with Crippen molar-refractivity contribution in [3.63, 3.8) is 0 Å². The fraction of sp³-hybridized carbons (Fsp3) is 0.238. The summed E-state index contributed by atoms with van der Waals surface area (Å²) in [7, 11) is 0. The number of aryl methyl sites for hydroxylation is 1. The zero-order valence-electron chi connectivity index (χ0n) is 16.1. The zero-order chi connectivity index (χ0) is 19.8. The molecule has 2 aliphatic rings. The second-order valence-electron chi connectivity index (χ2n) is 7.37. The summed E-state index contributed by atoms with van der Waals surface area (Å²) in [5.41, 5.74) is 7.11. The number of hydrogen-bond acceptors (Lipinski definition) is 5. The summed E-state index contributed by atoms with van der Waals surface area (Å²) >= 11 is 0. The minimum absolute atomic E-state index is 0.00602. The molecule has 0 unspecified atom stereocenters. The molecule has 1 amide bonds. The van der Waals surface area contributed by atoms with E-state index < -0.39 is 0 Å². The van der Waals surface area contributed by atoms with E-state index in [-0.39, 0.29) is 5.91 Å². The number of imidazole rings is 1. The van der Waals surface area contributed by atoms with Crippen molar-refractivity contribution in [2.75, 3.05) is 11.9 Å². The van der Waals surface area contributed by atoms with E-state index in [1.54, 1.807) is 11.6 Å². The van der Waals surface area contributed by atoms with Gasteiger partial charge in [0, 0.05) is 35.6 Å². The van der Waals surface area contributed by atoms with Crippen LogP contribution in [0.15, 0.2) is 54.2 Å². The highest BCUT2D eigenvalue weighted by atomic mass is 16.1. The molecule has 1 aliphatic carbocycles. The Hall–Kier alpha value is -3.52. The average Bonchev–Trinajstić information content (AvgIpc) is 3.20. The maximum absolute atomic E-state index is 12.4. The number of carbonyl (C=O) groups excluding carboxylic acids is 1. The van der Waals surface area contributed by atoms with Gasteiger partial charge in [-0.2, -0.15) is 5.43 Å². The maximum atomic E-state index is 12.4. The lowest BCUT2D eigenvalue weighted by Crippen LogP contribution is -2.69. The van der Waals surface area contributed by atoms with Crippen molar-refractivity contribution in [3.8, 4) is 11.3 Å². The highest BCUT2D eigenvalue weighted by Crippen LogP contribution is 2.26. The molecule has 8 nitrogen and oxygen atoms in total. The maximum Gasteiger partial charge on any atom is 0.251 e. The van der Waals surface area contributed by atoms with Crippen molar-refractivity contribution < 1.29 is 10.2 Å². The SMILES string of the molecule is Cc1cc(-c2cnc3c(NCC4=N[NH2+]C=C4)nccn23)ccc1C(=O)NC1CC1. The Labute approximate surface area is 167 Å². The van der Waals surface area contributed by atoms with Gasteiger partial charge in [-0.15, -0.1) is 0 Å². The molecule has 146 valence electrons. The number of anilines is 1. The number of benzene rings is 1. The lowest BCUT2D eigenvalue weighted by Gasteiger charge is -2.10. The summed E-state index contributed by atoms with van der Waals surface area (Å²) in [6.45, 7) is 2.56. The molecule has 1 aromatic carbocycles. The molecule has 0 radical (unpaired) electrons. The number of aromatic nitrogens is 3. The van der Waals surface area contributed by atoms with E-state index >= 15 is 0 Å². The number of nitrogens with one attached hydrogen (secondary N) is 2. The lowest BCUT2D eigenvalue weighted by atomic mass is 10.0. The van der Waals surface area contributed by atoms with Crippen LogP contribution in [0, 0.1) is 6.92 Å². The summed E-state index contributed by atoms with van der Waals surface area (Å²) in [6.07, 6.45) is 11.5. The van der Waals surface area contributed by atoms with Crippen molar-refractivity contribution >= 4 is 23.1 Å². The molecule has 3 aromatic rings. The predicted octanol–water partition coefficient (Wildman–Crippen LogP) is 1.46. The molecule has 1 fully saturated rings. The number of amides is 1. The van der Waals surface area contributed by atoms with Gasteiger partial charge in [0.1, 0.15) is 11.9 Å². The first-order valence-corrected chi connectivity index (χ1v) is 9.73. The van der Waals surface area contributed by atoms with Crippen LogP contribution in [-0.2, 0) is 0 Å². The molecule has 5 rings (SSSR count). The Balaban J connectivity index is 1.42. The Morgan fingerprint density at radius 1 is 1.31 bits per heavy atom. The van der Waals surface area contributed by atoms with Crippen molar-refractivity contribution in [1.82, 2.24) is 19.7 Å². The lowest BCUT2D eigenvalue weighted by molar-refractivity contribution is -0.590. The molecule has 0 bridgehead atoms. The number of rotatable bonds is 6. The summed E-state index contributed by atoms with van der Waals surface area (Å²) in [6, 6.07) is 6.25. The number of nitrogens with two attached hydrogens (primary N) is 1. The Bertz CT molecular complexity index is 1160. The second kappa shape index (κ2) is 7.14. The third-order valence-corrected chi connectivity index (χ3v) is 5.16. The molecule has 1 saturated carbocycles. The van der Waals surface area contributed by atoms with Gasteiger partial charge in [0.2, 0.25) is 0 Å². The van der Waals surface area contributed by atoms with Crippen LogP contribution in [0.3, 0.4) is 0 Å². The minimum Gasteiger partial charge on any atom is -0.361 e. The van der Waals surface area contributed by atoms with Gasteiger partial charge in [-0.25, -0.2) is 9.97 Å². The van der Waals surface area contributed by atoms with Crippen LogP contribution in [0.4, 0.5) is 5.82 Å². The smallest absolute Gasteiger partial charge is 0.251 e. The van der Waals surface area contributed by atoms with Crippen molar-refractivity contribution in [3.05, 3.63) is 60.2 Å². The van der Waals surface area contributed by atoms with Gasteiger partial charge >= 0.3 is 0 Å². The minimum atomic E-state index is 0.00602. The van der Waals surface area contributed by atoms with Gasteiger partial charge in [0.15, 0.2) is 11.5 Å². The Kier molecular flexibility index (Phi) is 4.33. The van der Waals surface area contributed by atoms with E-state index in [1.165, 1.54) is 0 Å². The third kappa shape index (κ3) is 3.50. The van der Waals surface area contributed by atoms with Gasteiger partial charge in [-0.3, -0.25) is 9.20 Å². The molecule has 0 saturated heterocycles. The van der Waals surface area contributed by atoms with Gasteiger partial charge in [-0.05, 0) is 37.5 Å². The fourth-order valence-electron chi connectivity index (χ4n) is 3.44. The van der Waals surface area contributed by atoms with Crippen molar-refractivity contribution in [1.29, 1.82) is 0 Å². The van der Waals surface area contributed by atoms with Crippen LogP contribution in [-0.4, -0.2) is 38.6 Å². The Morgan fingerprint density at radius 3 is 2.97 bits per heavy atom. The van der Waals surface area contributed by atoms with E-state index in [0.717, 1.165) is 46.6 Å². The quantitative estimate of drug-likeness (QED) is 0.557. The molecule has 0 atom stereocenters. The molecule has 0 spiro atoms. The fourth-order valence-corrected chi connectivity index (χ4v) is 3.44. The van der Waals surface area contributed by atoms with Crippen LogP contribution in [0.2, 0.25) is 0 Å². The number of hydrogen-bond donors (Lipinski definition) is 3. The standard InChI is InChI=1S/C21H21N7O/c1-13-10-14(2-5-17(13)21(29)26-15-3-4-15)18-12-24-20-19(22-8-9-28(18)20)23-11-16-6-7-25-27-16/h2,5-10,12,15H,3-4,11H2,1H3,(H,22,23)(H,25,27)(H,26,29)/p+1. The highest BCUT2D eigenvalue weighted by molar-refractivity contribution is 5.98. The normalized spacial score (nSPS) is 15.6. The monoisotopic (exact) mass is 388 g/mol. The van der Waals surface area contributed by atoms with Crippen molar-refractivity contribution in [2.45, 2.75) is 25.8 Å². The number of nitrogens with zero attached hydrogens (tertiary/aromatic N) is 4. The van der Waals surface area contributed by atoms with Gasteiger partial charge in [0.25, 0.3) is 5.91 Å². The number of carbonyl (C=O) groups is 1. The first-order valence-electron chi connectivity index (χ1n) is 9.73. The first kappa shape index (κ1) is 17.6. The van der Waals surface area contributed by atoms with E-state index in [9.17, 15) is 4.79 Å². The van der Waals surface area contributed by atoms with Crippen LogP contribution >= 0.6 is 0 Å². The zero-order valence-corrected chi connectivity index (χ0v) is 16.1. The molecule has 29 heavy (non-hydrogen) atoms. The van der Waals surface area contributed by atoms with Gasteiger partial charge in [0.05, 0.1) is 18.4 Å². The van der Waals surface area contributed by atoms with E-state index in [0.29, 0.717) is 18.4 Å². The summed E-state index contributed by atoms with van der Waals surface area (Å²) < 4.78 is 2.01. The van der Waals surface area contributed by atoms with E-state index in [4.69, 9.17) is 0 Å². The second-order valence-corrected chi connectivity index (χ2v) is 7.37. The summed E-state index contributed by atoms with van der Waals surface area (Å²) in [5, 5.41) is 10.6. The molecular formula is C21H22N7O+. The third-order valence-electron chi connectivity index (χ3n) is 5.16. The highest BCUT2D eigenvalue weighted by Gasteiger charge is 2.24. The molecule has 8 heteroatoms. The largest absolute Gasteiger partial charge is 0.361 e. The van der Waals surface area contributed by atoms with E-state index in [1.807, 2.05) is 54.2 Å². The van der Waals surface area contributed by atoms with Crippen LogP contribution < -0.4 is 16.1 Å².